The van der Waals surface area contributed by atoms with E-state index in [0.29, 0.717) is 25.7 Å². The fourth-order valence-electron chi connectivity index (χ4n) is 2.00. The number of carbonyl (C=O) groups is 2. The first kappa shape index (κ1) is 20.6. The molecule has 0 aliphatic heterocycles. The molecule has 0 fully saturated rings. The lowest BCUT2D eigenvalue weighted by atomic mass is 10.1. The van der Waals surface area contributed by atoms with Gasteiger partial charge in [0.05, 0.1) is 0 Å². The average Bonchev–Trinajstić information content (AvgIpc) is 2.46. The molecule has 128 valence electrons. The van der Waals surface area contributed by atoms with Crippen molar-refractivity contribution in [3.8, 4) is 0 Å². The van der Waals surface area contributed by atoms with Crippen molar-refractivity contribution in [3.63, 3.8) is 0 Å². The lowest BCUT2D eigenvalue weighted by molar-refractivity contribution is -0.146. The summed E-state index contributed by atoms with van der Waals surface area (Å²) >= 11 is 0. The lowest BCUT2D eigenvalue weighted by Crippen LogP contribution is -2.20. The molecule has 0 saturated heterocycles. The molecule has 22 heavy (non-hydrogen) atoms. The van der Waals surface area contributed by atoms with Crippen molar-refractivity contribution in [2.45, 2.75) is 64.6 Å². The van der Waals surface area contributed by atoms with Gasteiger partial charge in [-0.1, -0.05) is 26.7 Å². The minimum Gasteiger partial charge on any atom is -0.459 e. The fraction of sp³-hybridized carbons (Fsp3) is 0.750. The Bertz CT molecular complexity index is 296. The Hall–Kier alpha value is -1.40. The maximum atomic E-state index is 11.6. The van der Waals surface area contributed by atoms with Crippen LogP contribution >= 0.6 is 0 Å². The molecule has 0 aliphatic rings. The standard InChI is InChI=1S/C16H28O6/c1-3-5-13(9-11-17)21-15(19)7-8-16(20)22-14(6-4-2)10-12-18/h7-8,13-14,17-18H,3-6,9-12H2,1-2H3/b8-7-. The highest BCUT2D eigenvalue weighted by atomic mass is 16.5. The number of aliphatic hydroxyl groups excluding tert-OH is 2. The molecule has 0 heterocycles. The Balaban J connectivity index is 4.30. The molecule has 0 aromatic heterocycles. The third-order valence-electron chi connectivity index (χ3n) is 3.04. The van der Waals surface area contributed by atoms with Crippen molar-refractivity contribution in [2.24, 2.45) is 0 Å². The number of esters is 2. The van der Waals surface area contributed by atoms with Crippen LogP contribution in [0.25, 0.3) is 0 Å². The molecule has 0 aromatic carbocycles. The SMILES string of the molecule is CCCC(CCO)OC(=O)/C=C\C(=O)OC(CCC)CCO. The average molecular weight is 316 g/mol. The summed E-state index contributed by atoms with van der Waals surface area (Å²) in [4.78, 5) is 23.2. The minimum atomic E-state index is -0.627. The smallest absolute Gasteiger partial charge is 0.331 e. The van der Waals surface area contributed by atoms with E-state index >= 15 is 0 Å². The molecule has 0 bridgehead atoms. The second-order valence-corrected chi connectivity index (χ2v) is 5.05. The van der Waals surface area contributed by atoms with E-state index < -0.39 is 11.9 Å². The van der Waals surface area contributed by atoms with Crippen LogP contribution < -0.4 is 0 Å². The van der Waals surface area contributed by atoms with Crippen LogP contribution in [0.4, 0.5) is 0 Å². The number of hydrogen-bond donors (Lipinski definition) is 2. The van der Waals surface area contributed by atoms with E-state index in [2.05, 4.69) is 0 Å². The fourth-order valence-corrected chi connectivity index (χ4v) is 2.00. The first-order valence-corrected chi connectivity index (χ1v) is 7.88. The van der Waals surface area contributed by atoms with E-state index in [1.165, 1.54) is 0 Å². The number of rotatable bonds is 12. The van der Waals surface area contributed by atoms with Gasteiger partial charge in [-0.25, -0.2) is 9.59 Å². The van der Waals surface area contributed by atoms with E-state index in [-0.39, 0.29) is 25.4 Å². The van der Waals surface area contributed by atoms with Gasteiger partial charge in [0, 0.05) is 38.2 Å². The quantitative estimate of drug-likeness (QED) is 0.421. The third kappa shape index (κ3) is 10.3. The van der Waals surface area contributed by atoms with E-state index in [1.807, 2.05) is 13.8 Å². The normalized spacial score (nSPS) is 13.8. The van der Waals surface area contributed by atoms with Crippen LogP contribution in [0.5, 0.6) is 0 Å². The molecule has 0 amide bonds. The molecule has 0 aromatic rings. The zero-order valence-corrected chi connectivity index (χ0v) is 13.5. The number of carbonyl (C=O) groups excluding carboxylic acids is 2. The zero-order valence-electron chi connectivity index (χ0n) is 13.5. The molecule has 0 radical (unpaired) electrons. The minimum absolute atomic E-state index is 0.0520. The molecule has 0 saturated carbocycles. The summed E-state index contributed by atoms with van der Waals surface area (Å²) in [7, 11) is 0. The third-order valence-corrected chi connectivity index (χ3v) is 3.04. The topological polar surface area (TPSA) is 93.1 Å². The van der Waals surface area contributed by atoms with Gasteiger partial charge >= 0.3 is 11.9 Å². The molecule has 0 aliphatic carbocycles. The van der Waals surface area contributed by atoms with Crippen LogP contribution in [0.15, 0.2) is 12.2 Å². The molecule has 0 rings (SSSR count). The molecule has 6 heteroatoms. The van der Waals surface area contributed by atoms with Gasteiger partial charge in [0.2, 0.25) is 0 Å². The Labute approximate surface area is 132 Å². The van der Waals surface area contributed by atoms with E-state index in [9.17, 15) is 9.59 Å². The Morgan fingerprint density at radius 3 is 1.45 bits per heavy atom. The van der Waals surface area contributed by atoms with Crippen LogP contribution in [-0.2, 0) is 19.1 Å². The van der Waals surface area contributed by atoms with Gasteiger partial charge in [0.25, 0.3) is 0 Å². The Kier molecular flexibility index (Phi) is 12.4. The van der Waals surface area contributed by atoms with Gasteiger partial charge in [-0.15, -0.1) is 0 Å². The van der Waals surface area contributed by atoms with Crippen LogP contribution in [0, 0.1) is 0 Å². The first-order chi connectivity index (χ1) is 10.6. The van der Waals surface area contributed by atoms with Gasteiger partial charge in [0.1, 0.15) is 12.2 Å². The van der Waals surface area contributed by atoms with Gasteiger partial charge in [-0.3, -0.25) is 0 Å². The summed E-state index contributed by atoms with van der Waals surface area (Å²) in [6, 6.07) is 0. The van der Waals surface area contributed by atoms with Crippen molar-refractivity contribution in [1.82, 2.24) is 0 Å². The molecule has 2 atom stereocenters. The van der Waals surface area contributed by atoms with Crippen molar-refractivity contribution >= 4 is 11.9 Å². The monoisotopic (exact) mass is 316 g/mol. The van der Waals surface area contributed by atoms with Gasteiger partial charge in [-0.2, -0.15) is 0 Å². The zero-order chi connectivity index (χ0) is 16.8. The summed E-state index contributed by atoms with van der Waals surface area (Å²) < 4.78 is 10.3. The van der Waals surface area contributed by atoms with Gasteiger partial charge in [0.15, 0.2) is 0 Å². The van der Waals surface area contributed by atoms with Gasteiger partial charge < -0.3 is 19.7 Å². The van der Waals surface area contributed by atoms with Crippen LogP contribution in [0.2, 0.25) is 0 Å². The highest BCUT2D eigenvalue weighted by molar-refractivity contribution is 5.91. The van der Waals surface area contributed by atoms with E-state index in [1.54, 1.807) is 0 Å². The summed E-state index contributed by atoms with van der Waals surface area (Å²) in [6.45, 7) is 3.81. The molecule has 6 nitrogen and oxygen atoms in total. The Morgan fingerprint density at radius 2 is 1.18 bits per heavy atom. The van der Waals surface area contributed by atoms with Crippen molar-refractivity contribution < 1.29 is 29.3 Å². The van der Waals surface area contributed by atoms with E-state index in [4.69, 9.17) is 19.7 Å². The lowest BCUT2D eigenvalue weighted by Gasteiger charge is -2.15. The van der Waals surface area contributed by atoms with Crippen LogP contribution in [-0.4, -0.2) is 47.6 Å². The largest absolute Gasteiger partial charge is 0.459 e. The second-order valence-electron chi connectivity index (χ2n) is 5.05. The van der Waals surface area contributed by atoms with Gasteiger partial charge in [-0.05, 0) is 12.8 Å². The molecule has 2 N–H and O–H groups in total. The highest BCUT2D eigenvalue weighted by Gasteiger charge is 2.13. The second kappa shape index (κ2) is 13.3. The summed E-state index contributed by atoms with van der Waals surface area (Å²) in [5.41, 5.74) is 0. The maximum absolute atomic E-state index is 11.6. The maximum Gasteiger partial charge on any atom is 0.331 e. The number of hydrogen-bond acceptors (Lipinski definition) is 6. The molecular formula is C16H28O6. The molecule has 2 unspecified atom stereocenters. The van der Waals surface area contributed by atoms with Crippen molar-refractivity contribution in [2.75, 3.05) is 13.2 Å². The Morgan fingerprint density at radius 1 is 0.818 bits per heavy atom. The highest BCUT2D eigenvalue weighted by Crippen LogP contribution is 2.09. The summed E-state index contributed by atoms with van der Waals surface area (Å²) in [5.74, 6) is -1.25. The molecular weight excluding hydrogens is 288 g/mol. The summed E-state index contributed by atoms with van der Waals surface area (Å²) in [5, 5.41) is 17.8. The van der Waals surface area contributed by atoms with Crippen molar-refractivity contribution in [1.29, 1.82) is 0 Å². The molecule has 0 spiro atoms. The predicted octanol–water partition coefficient (Wildman–Crippen LogP) is 1.73. The number of ether oxygens (including phenoxy) is 2. The van der Waals surface area contributed by atoms with Crippen molar-refractivity contribution in [3.05, 3.63) is 12.2 Å². The summed E-state index contributed by atoms with van der Waals surface area (Å²) in [6.07, 6.45) is 5.15. The predicted molar refractivity (Wildman–Crippen MR) is 82.1 cm³/mol. The van der Waals surface area contributed by atoms with E-state index in [0.717, 1.165) is 25.0 Å². The van der Waals surface area contributed by atoms with Crippen LogP contribution in [0.1, 0.15) is 52.4 Å². The first-order valence-electron chi connectivity index (χ1n) is 7.88. The van der Waals surface area contributed by atoms with Crippen LogP contribution in [0.3, 0.4) is 0 Å². The number of aliphatic hydroxyl groups is 2.